The number of benzene rings is 1. The molecule has 0 unspecified atom stereocenters. The monoisotopic (exact) mass is 285 g/mol. The SMILES string of the molecule is CC(C)(C)c1ccccc1NCc1ncncc1C(=O)O. The highest BCUT2D eigenvalue weighted by Gasteiger charge is 2.18. The second-order valence-corrected chi connectivity index (χ2v) is 5.84. The van der Waals surface area contributed by atoms with Gasteiger partial charge >= 0.3 is 5.97 Å². The molecule has 0 aliphatic rings. The zero-order valence-electron chi connectivity index (χ0n) is 12.4. The van der Waals surface area contributed by atoms with Gasteiger partial charge in [0.1, 0.15) is 11.9 Å². The molecule has 1 heterocycles. The number of nitrogens with zero attached hydrogens (tertiary/aromatic N) is 2. The van der Waals surface area contributed by atoms with E-state index >= 15 is 0 Å². The summed E-state index contributed by atoms with van der Waals surface area (Å²) in [5.74, 6) is -1.02. The number of nitrogens with one attached hydrogen (secondary N) is 1. The predicted octanol–water partition coefficient (Wildman–Crippen LogP) is 3.08. The first-order valence-electron chi connectivity index (χ1n) is 6.75. The van der Waals surface area contributed by atoms with Crippen LogP contribution in [0, 0.1) is 0 Å². The smallest absolute Gasteiger partial charge is 0.339 e. The third kappa shape index (κ3) is 3.56. The zero-order chi connectivity index (χ0) is 15.5. The molecule has 0 aliphatic heterocycles. The Morgan fingerprint density at radius 1 is 1.29 bits per heavy atom. The van der Waals surface area contributed by atoms with Crippen molar-refractivity contribution in [3.63, 3.8) is 0 Å². The van der Waals surface area contributed by atoms with E-state index in [-0.39, 0.29) is 11.0 Å². The molecule has 0 fully saturated rings. The van der Waals surface area contributed by atoms with Crippen molar-refractivity contribution in [2.24, 2.45) is 0 Å². The van der Waals surface area contributed by atoms with Gasteiger partial charge in [0.2, 0.25) is 0 Å². The van der Waals surface area contributed by atoms with E-state index in [2.05, 4.69) is 42.1 Å². The molecule has 0 atom stereocenters. The first-order valence-corrected chi connectivity index (χ1v) is 6.75. The summed E-state index contributed by atoms with van der Waals surface area (Å²) in [6.45, 7) is 6.76. The maximum absolute atomic E-state index is 11.2. The van der Waals surface area contributed by atoms with Crippen LogP contribution in [-0.4, -0.2) is 21.0 Å². The molecule has 0 spiro atoms. The van der Waals surface area contributed by atoms with Crippen molar-refractivity contribution in [3.8, 4) is 0 Å². The van der Waals surface area contributed by atoms with Gasteiger partial charge in [0.25, 0.3) is 0 Å². The third-order valence-corrected chi connectivity index (χ3v) is 3.21. The average Bonchev–Trinajstić information content (AvgIpc) is 2.44. The van der Waals surface area contributed by atoms with Crippen LogP contribution in [0.1, 0.15) is 42.4 Å². The molecule has 0 radical (unpaired) electrons. The number of anilines is 1. The second-order valence-electron chi connectivity index (χ2n) is 5.84. The number of aromatic carboxylic acids is 1. The summed E-state index contributed by atoms with van der Waals surface area (Å²) in [4.78, 5) is 19.0. The van der Waals surface area contributed by atoms with Gasteiger partial charge < -0.3 is 10.4 Å². The molecule has 0 bridgehead atoms. The summed E-state index contributed by atoms with van der Waals surface area (Å²) in [6, 6.07) is 8.01. The van der Waals surface area contributed by atoms with Crippen molar-refractivity contribution in [3.05, 3.63) is 53.6 Å². The van der Waals surface area contributed by atoms with Crippen molar-refractivity contribution < 1.29 is 9.90 Å². The maximum atomic E-state index is 11.2. The quantitative estimate of drug-likeness (QED) is 0.903. The Labute approximate surface area is 124 Å². The predicted molar refractivity (Wildman–Crippen MR) is 81.5 cm³/mol. The molecular formula is C16H19N3O2. The van der Waals surface area contributed by atoms with E-state index in [9.17, 15) is 4.79 Å². The zero-order valence-corrected chi connectivity index (χ0v) is 12.4. The van der Waals surface area contributed by atoms with Gasteiger partial charge in [0, 0.05) is 11.9 Å². The van der Waals surface area contributed by atoms with Gasteiger partial charge in [-0.15, -0.1) is 0 Å². The summed E-state index contributed by atoms with van der Waals surface area (Å²) in [5, 5.41) is 12.4. The van der Waals surface area contributed by atoms with Gasteiger partial charge in [-0.1, -0.05) is 39.0 Å². The first kappa shape index (κ1) is 15.0. The highest BCUT2D eigenvalue weighted by atomic mass is 16.4. The molecule has 21 heavy (non-hydrogen) atoms. The Morgan fingerprint density at radius 2 is 2.00 bits per heavy atom. The highest BCUT2D eigenvalue weighted by molar-refractivity contribution is 5.88. The van der Waals surface area contributed by atoms with Crippen LogP contribution < -0.4 is 5.32 Å². The lowest BCUT2D eigenvalue weighted by molar-refractivity contribution is 0.0694. The average molecular weight is 285 g/mol. The molecule has 0 amide bonds. The summed E-state index contributed by atoms with van der Waals surface area (Å²) in [7, 11) is 0. The van der Waals surface area contributed by atoms with Crippen molar-refractivity contribution >= 4 is 11.7 Å². The lowest BCUT2D eigenvalue weighted by atomic mass is 9.86. The number of para-hydroxylation sites is 1. The second kappa shape index (κ2) is 5.91. The summed E-state index contributed by atoms with van der Waals surface area (Å²) in [5.41, 5.74) is 2.76. The van der Waals surface area contributed by atoms with E-state index in [0.717, 1.165) is 5.69 Å². The minimum Gasteiger partial charge on any atom is -0.478 e. The molecule has 0 aliphatic carbocycles. The van der Waals surface area contributed by atoms with Gasteiger partial charge in [-0.2, -0.15) is 0 Å². The van der Waals surface area contributed by atoms with E-state index in [0.29, 0.717) is 12.2 Å². The number of carbonyl (C=O) groups is 1. The lowest BCUT2D eigenvalue weighted by Crippen LogP contribution is -2.16. The van der Waals surface area contributed by atoms with E-state index in [1.54, 1.807) is 0 Å². The van der Waals surface area contributed by atoms with Gasteiger partial charge in [-0.3, -0.25) is 0 Å². The number of carboxylic acids is 1. The van der Waals surface area contributed by atoms with E-state index in [4.69, 9.17) is 5.11 Å². The molecule has 0 saturated carbocycles. The fraction of sp³-hybridized carbons (Fsp3) is 0.312. The number of rotatable bonds is 4. The Kier molecular flexibility index (Phi) is 4.21. The van der Waals surface area contributed by atoms with Crippen LogP contribution in [0.4, 0.5) is 5.69 Å². The molecule has 2 aromatic rings. The molecule has 2 rings (SSSR count). The van der Waals surface area contributed by atoms with Gasteiger partial charge in [0.15, 0.2) is 0 Å². The lowest BCUT2D eigenvalue weighted by Gasteiger charge is -2.23. The number of hydrogen-bond donors (Lipinski definition) is 2. The van der Waals surface area contributed by atoms with Gasteiger partial charge in [-0.25, -0.2) is 14.8 Å². The molecule has 5 nitrogen and oxygen atoms in total. The van der Waals surface area contributed by atoms with Crippen molar-refractivity contribution in [1.82, 2.24) is 9.97 Å². The van der Waals surface area contributed by atoms with Crippen molar-refractivity contribution in [2.75, 3.05) is 5.32 Å². The first-order chi connectivity index (χ1) is 9.89. The molecular weight excluding hydrogens is 266 g/mol. The van der Waals surface area contributed by atoms with Crippen molar-refractivity contribution in [1.29, 1.82) is 0 Å². The summed E-state index contributed by atoms with van der Waals surface area (Å²) in [6.07, 6.45) is 2.68. The van der Waals surface area contributed by atoms with Gasteiger partial charge in [-0.05, 0) is 17.0 Å². The van der Waals surface area contributed by atoms with Crippen LogP contribution in [-0.2, 0) is 12.0 Å². The van der Waals surface area contributed by atoms with Crippen LogP contribution in [0.3, 0.4) is 0 Å². The largest absolute Gasteiger partial charge is 0.478 e. The highest BCUT2D eigenvalue weighted by Crippen LogP contribution is 2.29. The molecule has 1 aromatic heterocycles. The Hall–Kier alpha value is -2.43. The fourth-order valence-corrected chi connectivity index (χ4v) is 2.14. The normalized spacial score (nSPS) is 11.2. The summed E-state index contributed by atoms with van der Waals surface area (Å²) < 4.78 is 0. The Balaban J connectivity index is 2.24. The maximum Gasteiger partial charge on any atom is 0.339 e. The number of carboxylic acid groups (broad SMARTS) is 1. The minimum absolute atomic E-state index is 0.00485. The van der Waals surface area contributed by atoms with Crippen LogP contribution in [0.15, 0.2) is 36.8 Å². The van der Waals surface area contributed by atoms with Crippen LogP contribution >= 0.6 is 0 Å². The number of hydrogen-bond acceptors (Lipinski definition) is 4. The third-order valence-electron chi connectivity index (χ3n) is 3.21. The van der Waals surface area contributed by atoms with E-state index < -0.39 is 5.97 Å². The minimum atomic E-state index is -1.02. The standard InChI is InChI=1S/C16H19N3O2/c1-16(2,3)12-6-4-5-7-13(12)18-9-14-11(15(20)21)8-17-10-19-14/h4-8,10,18H,9H2,1-3H3,(H,20,21). The summed E-state index contributed by atoms with van der Waals surface area (Å²) >= 11 is 0. The molecule has 110 valence electrons. The molecule has 1 aromatic carbocycles. The van der Waals surface area contributed by atoms with Crippen molar-refractivity contribution in [2.45, 2.75) is 32.7 Å². The topological polar surface area (TPSA) is 75.1 Å². The van der Waals surface area contributed by atoms with Crippen LogP contribution in [0.25, 0.3) is 0 Å². The van der Waals surface area contributed by atoms with Gasteiger partial charge in [0.05, 0.1) is 12.2 Å². The Morgan fingerprint density at radius 3 is 2.67 bits per heavy atom. The van der Waals surface area contributed by atoms with Crippen LogP contribution in [0.5, 0.6) is 0 Å². The van der Waals surface area contributed by atoms with Crippen LogP contribution in [0.2, 0.25) is 0 Å². The fourth-order valence-electron chi connectivity index (χ4n) is 2.14. The molecule has 5 heteroatoms. The number of aromatic nitrogens is 2. The molecule has 2 N–H and O–H groups in total. The Bertz CT molecular complexity index is 648. The van der Waals surface area contributed by atoms with E-state index in [1.807, 2.05) is 18.2 Å². The van der Waals surface area contributed by atoms with E-state index in [1.165, 1.54) is 18.1 Å². The molecule has 0 saturated heterocycles.